The van der Waals surface area contributed by atoms with Crippen LogP contribution in [0.3, 0.4) is 0 Å². The molecule has 1 amide bonds. The van der Waals surface area contributed by atoms with Crippen LogP contribution in [-0.4, -0.2) is 37.8 Å². The molecular weight excluding hydrogens is 384 g/mol. The van der Waals surface area contributed by atoms with Gasteiger partial charge in [-0.2, -0.15) is 4.31 Å². The van der Waals surface area contributed by atoms with Gasteiger partial charge in [-0.3, -0.25) is 4.79 Å². The SMILES string of the molecule is CC(C)Oc1ccc(NC(=O)[C@@H]2CCCN(S(=O)(=O)c3cccs3)C2)cc1. The maximum absolute atomic E-state index is 12.7. The van der Waals surface area contributed by atoms with Crippen LogP contribution in [0.1, 0.15) is 26.7 Å². The fourth-order valence-corrected chi connectivity index (χ4v) is 5.71. The van der Waals surface area contributed by atoms with Crippen LogP contribution in [-0.2, 0) is 14.8 Å². The molecule has 8 heteroatoms. The zero-order valence-electron chi connectivity index (χ0n) is 15.4. The average Bonchev–Trinajstić information content (AvgIpc) is 3.18. The molecule has 0 unspecified atom stereocenters. The molecule has 1 aliphatic heterocycles. The Kier molecular flexibility index (Phi) is 6.18. The fourth-order valence-electron chi connectivity index (χ4n) is 3.05. The first-order valence-corrected chi connectivity index (χ1v) is 11.3. The maximum Gasteiger partial charge on any atom is 0.252 e. The number of carbonyl (C=O) groups excluding carboxylic acids is 1. The topological polar surface area (TPSA) is 75.7 Å². The first-order chi connectivity index (χ1) is 12.9. The van der Waals surface area contributed by atoms with Crippen LogP contribution >= 0.6 is 11.3 Å². The summed E-state index contributed by atoms with van der Waals surface area (Å²) < 4.78 is 32.7. The van der Waals surface area contributed by atoms with Gasteiger partial charge in [0.25, 0.3) is 10.0 Å². The van der Waals surface area contributed by atoms with E-state index in [0.29, 0.717) is 29.3 Å². The summed E-state index contributed by atoms with van der Waals surface area (Å²) in [6.45, 7) is 4.56. The number of carbonyl (C=O) groups is 1. The Bertz CT molecular complexity index is 862. The van der Waals surface area contributed by atoms with Crippen LogP contribution < -0.4 is 10.1 Å². The number of anilines is 1. The van der Waals surface area contributed by atoms with E-state index in [4.69, 9.17) is 4.74 Å². The standard InChI is InChI=1S/C19H24N2O4S2/c1-14(2)25-17-9-7-16(8-10-17)20-19(22)15-5-3-11-21(13-15)27(23,24)18-6-4-12-26-18/h4,6-10,12,14-15H,3,5,11,13H2,1-2H3,(H,20,22)/t15-/m1/s1. The van der Waals surface area contributed by atoms with Gasteiger partial charge in [0.1, 0.15) is 9.96 Å². The van der Waals surface area contributed by atoms with Gasteiger partial charge in [0, 0.05) is 18.8 Å². The number of nitrogens with zero attached hydrogens (tertiary/aromatic N) is 1. The number of benzene rings is 1. The lowest BCUT2D eigenvalue weighted by Crippen LogP contribution is -2.43. The third-order valence-electron chi connectivity index (χ3n) is 4.34. The molecule has 1 N–H and O–H groups in total. The lowest BCUT2D eigenvalue weighted by Gasteiger charge is -2.30. The van der Waals surface area contributed by atoms with Gasteiger partial charge in [-0.15, -0.1) is 11.3 Å². The molecule has 1 fully saturated rings. The van der Waals surface area contributed by atoms with Gasteiger partial charge in [-0.05, 0) is 62.4 Å². The van der Waals surface area contributed by atoms with Crippen molar-refractivity contribution in [1.82, 2.24) is 4.31 Å². The molecule has 1 aromatic carbocycles. The van der Waals surface area contributed by atoms with E-state index in [0.717, 1.165) is 5.75 Å². The van der Waals surface area contributed by atoms with E-state index >= 15 is 0 Å². The first-order valence-electron chi connectivity index (χ1n) is 8.97. The molecule has 2 aromatic rings. The lowest BCUT2D eigenvalue weighted by atomic mass is 9.99. The molecule has 146 valence electrons. The van der Waals surface area contributed by atoms with Crippen molar-refractivity contribution in [1.29, 1.82) is 0 Å². The Morgan fingerprint density at radius 2 is 2.00 bits per heavy atom. The number of hydrogen-bond acceptors (Lipinski definition) is 5. The molecule has 27 heavy (non-hydrogen) atoms. The molecule has 0 aliphatic carbocycles. The van der Waals surface area contributed by atoms with Crippen LogP contribution in [0.5, 0.6) is 5.75 Å². The van der Waals surface area contributed by atoms with Crippen molar-refractivity contribution in [2.45, 2.75) is 37.0 Å². The van der Waals surface area contributed by atoms with Crippen molar-refractivity contribution in [2.75, 3.05) is 18.4 Å². The van der Waals surface area contributed by atoms with Crippen molar-refractivity contribution >= 4 is 33.0 Å². The Labute approximate surface area is 164 Å². The summed E-state index contributed by atoms with van der Waals surface area (Å²) in [5, 5.41) is 4.63. The Hall–Kier alpha value is -1.90. The van der Waals surface area contributed by atoms with Gasteiger partial charge in [0.15, 0.2) is 0 Å². The summed E-state index contributed by atoms with van der Waals surface area (Å²) in [5.74, 6) is 0.229. The molecular formula is C19H24N2O4S2. The summed E-state index contributed by atoms with van der Waals surface area (Å²) >= 11 is 1.20. The van der Waals surface area contributed by atoms with E-state index in [-0.39, 0.29) is 24.5 Å². The third kappa shape index (κ3) is 4.88. The highest BCUT2D eigenvalue weighted by Crippen LogP contribution is 2.27. The summed E-state index contributed by atoms with van der Waals surface area (Å²) in [6.07, 6.45) is 1.43. The van der Waals surface area contributed by atoms with Gasteiger partial charge in [0.05, 0.1) is 12.0 Å². The largest absolute Gasteiger partial charge is 0.491 e. The van der Waals surface area contributed by atoms with Crippen LogP contribution in [0.15, 0.2) is 46.0 Å². The number of ether oxygens (including phenoxy) is 1. The molecule has 0 radical (unpaired) electrons. The molecule has 3 rings (SSSR count). The second-order valence-electron chi connectivity index (χ2n) is 6.81. The zero-order valence-corrected chi connectivity index (χ0v) is 17.1. The number of rotatable bonds is 6. The van der Waals surface area contributed by atoms with Gasteiger partial charge in [-0.1, -0.05) is 6.07 Å². The summed E-state index contributed by atoms with van der Waals surface area (Å²) in [6, 6.07) is 10.5. The number of sulfonamides is 1. The number of thiophene rings is 1. The molecule has 6 nitrogen and oxygen atoms in total. The summed E-state index contributed by atoms with van der Waals surface area (Å²) in [4.78, 5) is 12.6. The highest BCUT2D eigenvalue weighted by molar-refractivity contribution is 7.91. The Morgan fingerprint density at radius 1 is 1.26 bits per heavy atom. The summed E-state index contributed by atoms with van der Waals surface area (Å²) in [5.41, 5.74) is 0.675. The molecule has 2 heterocycles. The Morgan fingerprint density at radius 3 is 2.63 bits per heavy atom. The summed E-state index contributed by atoms with van der Waals surface area (Å²) in [7, 11) is -3.52. The predicted molar refractivity (Wildman–Crippen MR) is 107 cm³/mol. The first kappa shape index (κ1) is 19.9. The smallest absolute Gasteiger partial charge is 0.252 e. The highest BCUT2D eigenvalue weighted by Gasteiger charge is 2.33. The van der Waals surface area contributed by atoms with Crippen molar-refractivity contribution in [3.8, 4) is 5.75 Å². The number of hydrogen-bond donors (Lipinski definition) is 1. The average molecular weight is 409 g/mol. The monoisotopic (exact) mass is 408 g/mol. The second kappa shape index (κ2) is 8.41. The molecule has 0 saturated carbocycles. The van der Waals surface area contributed by atoms with Crippen molar-refractivity contribution in [3.63, 3.8) is 0 Å². The quantitative estimate of drug-likeness (QED) is 0.793. The van der Waals surface area contributed by atoms with E-state index in [2.05, 4.69) is 5.32 Å². The highest BCUT2D eigenvalue weighted by atomic mass is 32.2. The molecule has 0 bridgehead atoms. The van der Waals surface area contributed by atoms with Crippen LogP contribution in [0.4, 0.5) is 5.69 Å². The van der Waals surface area contributed by atoms with E-state index in [1.807, 2.05) is 26.0 Å². The van der Waals surface area contributed by atoms with Gasteiger partial charge in [0.2, 0.25) is 5.91 Å². The second-order valence-corrected chi connectivity index (χ2v) is 9.93. The Balaban J connectivity index is 1.63. The maximum atomic E-state index is 12.7. The van der Waals surface area contributed by atoms with Gasteiger partial charge < -0.3 is 10.1 Å². The van der Waals surface area contributed by atoms with Crippen molar-refractivity contribution < 1.29 is 17.9 Å². The van der Waals surface area contributed by atoms with Gasteiger partial charge in [-0.25, -0.2) is 8.42 Å². The number of amides is 1. The minimum Gasteiger partial charge on any atom is -0.491 e. The van der Waals surface area contributed by atoms with Crippen LogP contribution in [0.2, 0.25) is 0 Å². The van der Waals surface area contributed by atoms with Crippen LogP contribution in [0, 0.1) is 5.92 Å². The van der Waals surface area contributed by atoms with Crippen molar-refractivity contribution in [2.24, 2.45) is 5.92 Å². The minimum atomic E-state index is -3.52. The van der Waals surface area contributed by atoms with Crippen LogP contribution in [0.25, 0.3) is 0 Å². The van der Waals surface area contributed by atoms with E-state index in [1.54, 1.807) is 29.6 Å². The molecule has 1 aromatic heterocycles. The third-order valence-corrected chi connectivity index (χ3v) is 7.58. The predicted octanol–water partition coefficient (Wildman–Crippen LogP) is 3.57. The van der Waals surface area contributed by atoms with Crippen molar-refractivity contribution in [3.05, 3.63) is 41.8 Å². The number of piperidine rings is 1. The molecule has 1 atom stereocenters. The molecule has 1 aliphatic rings. The molecule has 0 spiro atoms. The van der Waals surface area contributed by atoms with Gasteiger partial charge >= 0.3 is 0 Å². The normalized spacial score (nSPS) is 18.4. The molecule has 1 saturated heterocycles. The van der Waals surface area contributed by atoms with E-state index < -0.39 is 10.0 Å². The van der Waals surface area contributed by atoms with E-state index in [1.165, 1.54) is 15.6 Å². The number of nitrogens with one attached hydrogen (secondary N) is 1. The lowest BCUT2D eigenvalue weighted by molar-refractivity contribution is -0.120. The van der Waals surface area contributed by atoms with E-state index in [9.17, 15) is 13.2 Å². The minimum absolute atomic E-state index is 0.0870. The fraction of sp³-hybridized carbons (Fsp3) is 0.421. The zero-order chi connectivity index (χ0) is 19.4.